The molecule has 0 aliphatic carbocycles. The third-order valence-corrected chi connectivity index (χ3v) is 16.4. The van der Waals surface area contributed by atoms with Crippen molar-refractivity contribution in [3.63, 3.8) is 0 Å². The number of rotatable bonds is 28. The molecule has 1 aromatic rings. The molecule has 90 heavy (non-hydrogen) atoms. The van der Waals surface area contributed by atoms with Gasteiger partial charge in [-0.3, -0.25) is 38.5 Å². The highest BCUT2D eigenvalue weighted by molar-refractivity contribution is 6.12. The van der Waals surface area contributed by atoms with Crippen LogP contribution in [0.1, 0.15) is 139 Å². The lowest BCUT2D eigenvalue weighted by atomic mass is 9.88. The van der Waals surface area contributed by atoms with Gasteiger partial charge in [0.1, 0.15) is 30.4 Å². The van der Waals surface area contributed by atoms with E-state index in [2.05, 4.69) is 21.3 Å². The van der Waals surface area contributed by atoms with Gasteiger partial charge >= 0.3 is 30.2 Å². The van der Waals surface area contributed by atoms with Crippen molar-refractivity contribution in [1.82, 2.24) is 30.7 Å². The predicted molar refractivity (Wildman–Crippen MR) is 329 cm³/mol. The highest BCUT2D eigenvalue weighted by Gasteiger charge is 2.47. The van der Waals surface area contributed by atoms with Gasteiger partial charge in [0, 0.05) is 88.7 Å². The minimum Gasteiger partial charge on any atom is -0.457 e. The molecule has 9 amide bonds. The number of primary amides is 1. The summed E-state index contributed by atoms with van der Waals surface area (Å²) in [6.07, 6.45) is 7.59. The van der Waals surface area contributed by atoms with Crippen molar-refractivity contribution >= 4 is 65.4 Å². The van der Waals surface area contributed by atoms with Gasteiger partial charge in [-0.1, -0.05) is 77.5 Å². The molecule has 0 radical (unpaired) electrons. The number of nitrogens with zero attached hydrogens (tertiary/aromatic N) is 3. The maximum atomic E-state index is 14.0. The van der Waals surface area contributed by atoms with Crippen LogP contribution in [0.15, 0.2) is 72.4 Å². The largest absolute Gasteiger partial charge is 0.457 e. The number of nitrogens with two attached hydrogens (primary N) is 1. The number of hydrogen-bond donors (Lipinski definition) is 8. The molecule has 5 rings (SSSR count). The average Bonchev–Trinajstić information content (AvgIpc) is 1.73. The Hall–Kier alpha value is -7.68. The SMILES string of the molecule is CC[C@H](O)[C@@H](C)[C@H]1O[C@@H]1C[C@@](C)(O)/C=C/C=C(\C)[C@H]1OC(=O)C[C@H](O)CC[C@@](C)(OC(C)=O)[C@@H](OC(=O)N2CCN(C(=O)OCc3ccc(NC(=O)[C@H](CCCNC(N)=O)NC(=O)[C@@H](NC(=O)CCCCCN4C(=O)C=CC4=O)C(C)C)cc3)CC2)/C=C/[C@@H]1C. The second-order valence-electron chi connectivity index (χ2n) is 24.5. The number of aliphatic hydroxyl groups is 3. The van der Waals surface area contributed by atoms with E-state index in [1.165, 1.54) is 28.9 Å². The van der Waals surface area contributed by atoms with Crippen LogP contribution in [0.5, 0.6) is 0 Å². The molecule has 0 bridgehead atoms. The molecule has 1 aromatic carbocycles. The van der Waals surface area contributed by atoms with Crippen LogP contribution in [-0.2, 0) is 63.9 Å². The Morgan fingerprint density at radius 2 is 1.56 bits per heavy atom. The molecule has 4 heterocycles. The Bertz CT molecular complexity index is 2780. The summed E-state index contributed by atoms with van der Waals surface area (Å²) in [5.41, 5.74) is 3.99. The molecule has 4 aliphatic rings. The normalized spacial score (nSPS) is 24.7. The summed E-state index contributed by atoms with van der Waals surface area (Å²) in [6, 6.07) is 3.59. The molecule has 4 aliphatic heterocycles. The Balaban J connectivity index is 1.15. The van der Waals surface area contributed by atoms with Gasteiger partial charge in [0.25, 0.3) is 11.8 Å². The number of unbranched alkanes of at least 4 members (excludes halogenated alkanes) is 2. The number of imide groups is 1. The fraction of sp³-hybridized carbons (Fsp3) is 0.625. The van der Waals surface area contributed by atoms with E-state index in [1.807, 2.05) is 13.8 Å². The van der Waals surface area contributed by atoms with Crippen LogP contribution in [0.2, 0.25) is 0 Å². The molecule has 0 aromatic heterocycles. The molecular weight excluding hydrogens is 1170 g/mol. The van der Waals surface area contributed by atoms with Crippen LogP contribution >= 0.6 is 0 Å². The van der Waals surface area contributed by atoms with E-state index >= 15 is 0 Å². The first-order chi connectivity index (χ1) is 42.5. The molecule has 12 atom stereocenters. The van der Waals surface area contributed by atoms with E-state index in [0.29, 0.717) is 48.9 Å². The maximum Gasteiger partial charge on any atom is 0.410 e. The molecular formula is C64H94N8O18. The molecule has 26 nitrogen and oxygen atoms in total. The second kappa shape index (κ2) is 34.5. The van der Waals surface area contributed by atoms with Crippen molar-refractivity contribution in [3.8, 4) is 0 Å². The topological polar surface area (TPSA) is 365 Å². The van der Waals surface area contributed by atoms with E-state index in [-0.39, 0.29) is 126 Å². The highest BCUT2D eigenvalue weighted by Crippen LogP contribution is 2.38. The van der Waals surface area contributed by atoms with Gasteiger partial charge in [0.05, 0.1) is 36.4 Å². The van der Waals surface area contributed by atoms with E-state index < -0.39 is 95.6 Å². The number of benzene rings is 1. The standard InChI is InChI=1S/C64H94N8O18/c1-10-48(75)42(6)57-49(87-57)37-63(8,85)28-14-16-40(4)56-41(5)19-24-50(64(9,90-43(7)73)29-27-46(74)36-54(79)89-56)88-62(84)71-34-32-70(33-35-71)61(83)86-38-44-20-22-45(23-21-44)67-58(80)47(17-15-30-66-60(65)82)68-59(81)55(39(2)3)69-51(76)18-12-11-13-31-72-52(77)25-26-53(72)78/h14,16,19-26,28,39,41-42,46-50,55-57,74-75,85H,10-13,15,17-18,27,29-38H2,1-9H3,(H,67,80)(H,68,81)(H,69,76)(H3,65,66,82)/b24-19+,28-14+,40-16+/t41-,42+,46+,47-,48-,49+,50-,55-,56+,57+,63-,64+/m0/s1. The van der Waals surface area contributed by atoms with Gasteiger partial charge in [-0.05, 0) is 101 Å². The van der Waals surface area contributed by atoms with E-state index in [9.17, 15) is 63.3 Å². The number of epoxide rings is 1. The molecule has 9 N–H and O–H groups in total. The number of allylic oxidation sites excluding steroid dienone is 2. The fourth-order valence-corrected chi connectivity index (χ4v) is 10.8. The number of carbonyl (C=O) groups is 10. The van der Waals surface area contributed by atoms with Crippen molar-refractivity contribution in [3.05, 3.63) is 77.9 Å². The summed E-state index contributed by atoms with van der Waals surface area (Å²) in [5, 5.41) is 43.2. The van der Waals surface area contributed by atoms with Gasteiger partial charge < -0.3 is 75.8 Å². The lowest BCUT2D eigenvalue weighted by Crippen LogP contribution is -2.54. The Morgan fingerprint density at radius 3 is 2.18 bits per heavy atom. The van der Waals surface area contributed by atoms with Crippen molar-refractivity contribution in [2.24, 2.45) is 23.5 Å². The van der Waals surface area contributed by atoms with E-state index in [0.717, 1.165) is 4.90 Å². The van der Waals surface area contributed by atoms with Crippen LogP contribution in [0.3, 0.4) is 0 Å². The van der Waals surface area contributed by atoms with Gasteiger partial charge in [-0.2, -0.15) is 0 Å². The lowest BCUT2D eigenvalue weighted by molar-refractivity contribution is -0.168. The number of carbonyl (C=O) groups excluding carboxylic acids is 10. The molecule has 2 fully saturated rings. The summed E-state index contributed by atoms with van der Waals surface area (Å²) in [7, 11) is 0. The van der Waals surface area contributed by atoms with Gasteiger partial charge in [0.15, 0.2) is 6.10 Å². The fourth-order valence-electron chi connectivity index (χ4n) is 10.8. The number of piperazine rings is 1. The number of amides is 9. The third kappa shape index (κ3) is 23.3. The number of anilines is 1. The van der Waals surface area contributed by atoms with Crippen LogP contribution in [0.25, 0.3) is 0 Å². The van der Waals surface area contributed by atoms with Gasteiger partial charge in [-0.15, -0.1) is 0 Å². The number of urea groups is 1. The van der Waals surface area contributed by atoms with Crippen molar-refractivity contribution < 1.29 is 86.9 Å². The summed E-state index contributed by atoms with van der Waals surface area (Å²) in [6.45, 7) is 15.8. The first-order valence-electron chi connectivity index (χ1n) is 31.1. The smallest absolute Gasteiger partial charge is 0.410 e. The number of ether oxygens (including phenoxy) is 5. The number of aliphatic hydroxyl groups excluding tert-OH is 2. The first-order valence-corrected chi connectivity index (χ1v) is 31.1. The number of nitrogens with one attached hydrogen (secondary N) is 4. The monoisotopic (exact) mass is 1260 g/mol. The summed E-state index contributed by atoms with van der Waals surface area (Å²) in [5.74, 6) is -4.64. The molecule has 0 saturated carbocycles. The quantitative estimate of drug-likeness (QED) is 0.0107. The lowest BCUT2D eigenvalue weighted by Gasteiger charge is -2.38. The zero-order chi connectivity index (χ0) is 66.5. The van der Waals surface area contributed by atoms with E-state index in [4.69, 9.17) is 29.4 Å². The van der Waals surface area contributed by atoms with Crippen molar-refractivity contribution in [2.45, 2.75) is 199 Å². The average molecular weight is 1260 g/mol. The number of esters is 2. The zero-order valence-corrected chi connectivity index (χ0v) is 53.3. The highest BCUT2D eigenvalue weighted by atomic mass is 16.6. The minimum absolute atomic E-state index is 0.00532. The number of hydrogen-bond acceptors (Lipinski definition) is 18. The third-order valence-electron chi connectivity index (χ3n) is 16.4. The molecule has 2 saturated heterocycles. The maximum absolute atomic E-state index is 14.0. The Kier molecular flexibility index (Phi) is 28.0. The predicted octanol–water partition coefficient (Wildman–Crippen LogP) is 4.73. The van der Waals surface area contributed by atoms with Crippen LogP contribution in [0.4, 0.5) is 20.1 Å². The first kappa shape index (κ1) is 73.1. The van der Waals surface area contributed by atoms with Crippen molar-refractivity contribution in [2.75, 3.05) is 44.6 Å². The van der Waals surface area contributed by atoms with Crippen molar-refractivity contribution in [1.29, 1.82) is 0 Å². The molecule has 0 unspecified atom stereocenters. The van der Waals surface area contributed by atoms with Crippen LogP contribution in [-0.4, -0.2) is 189 Å². The van der Waals surface area contributed by atoms with Gasteiger partial charge in [0.2, 0.25) is 17.7 Å². The summed E-state index contributed by atoms with van der Waals surface area (Å²) < 4.78 is 29.3. The Morgan fingerprint density at radius 1 is 0.900 bits per heavy atom. The molecule has 0 spiro atoms. The van der Waals surface area contributed by atoms with E-state index in [1.54, 1.807) is 96.2 Å². The van der Waals surface area contributed by atoms with Gasteiger partial charge in [-0.25, -0.2) is 14.4 Å². The summed E-state index contributed by atoms with van der Waals surface area (Å²) in [4.78, 5) is 132. The van der Waals surface area contributed by atoms with Crippen LogP contribution < -0.4 is 27.0 Å². The zero-order valence-electron chi connectivity index (χ0n) is 53.3. The number of cyclic esters (lactones) is 1. The van der Waals surface area contributed by atoms with Crippen LogP contribution in [0, 0.1) is 17.8 Å². The summed E-state index contributed by atoms with van der Waals surface area (Å²) >= 11 is 0. The second-order valence-corrected chi connectivity index (χ2v) is 24.5. The molecule has 26 heteroatoms. The Labute approximate surface area is 526 Å². The minimum atomic E-state index is -1.50. The molecule has 498 valence electrons.